The predicted octanol–water partition coefficient (Wildman–Crippen LogP) is 7.34. The average molecular weight is 1990 g/mol. The van der Waals surface area contributed by atoms with Crippen molar-refractivity contribution in [2.75, 3.05) is 25.6 Å². The third kappa shape index (κ3) is 59.8. The minimum atomic E-state index is -1.08. The van der Waals surface area contributed by atoms with Gasteiger partial charge in [-0.15, -0.1) is 11.8 Å². The van der Waals surface area contributed by atoms with Gasteiger partial charge in [0.05, 0.1) is 31.6 Å². The number of aliphatic carboxylic acids is 7. The standard InChI is InChI=1S/C17H23NO4.C16H21NO5.C15H19NO5.C15H19NO4.C14H17NO5.C14H17NO4S.C12H13NO4/c1-2-14(19)9-10-15(20)8-7-12-3-5-13(6-4-12)11-16(18)17(21)22;1-2-22-15(19)10-13(18)8-7-11-3-5-12(6-4-11)9-14(17)16(20)21;1-10(17)2-5-12(18)9-21-13-6-3-11(4-7-13)8-14(16)15(19)20;1-10(17)8-13(18)7-6-11-2-4-12(5-3-11)9-14(16)15(19)20;2*1-9(16)6-11(17)8-20-12-4-2-10(3-5-12)7-13(15)14(18)19;1-7(14)11(15)9-4-2-8(3-5-9)6-10(13)12(16)17/h3-6,16H,2,7-11,18H2,1H3,(H,21,22);3-6,14H,2,7-10,17H2,1H3,(H,20,21);3-4,6-7,14H,2,5,8-9,16H2,1H3,(H,19,20);2-5,14H,6-9,16H2,1H3,(H,19,20);2*2-5,13H,6-8,15H2,1H3,(H,18,19);2-5,10H,6,13H2,1H3,(H,16,17). The van der Waals surface area contributed by atoms with Crippen LogP contribution in [0.2, 0.25) is 0 Å². The van der Waals surface area contributed by atoms with E-state index in [0.717, 1.165) is 55.0 Å². The van der Waals surface area contributed by atoms with Crippen LogP contribution in [0.25, 0.3) is 0 Å². The number of thioether (sulfide) groups is 1. The summed E-state index contributed by atoms with van der Waals surface area (Å²) in [5.41, 5.74) is 47.0. The number of aryl methyl sites for hydroxylation is 3. The van der Waals surface area contributed by atoms with Gasteiger partial charge in [0.25, 0.3) is 0 Å². The molecule has 0 radical (unpaired) electrons. The maximum absolute atomic E-state index is 11.7. The van der Waals surface area contributed by atoms with Crippen molar-refractivity contribution >= 4 is 135 Å². The molecule has 7 atom stereocenters. The van der Waals surface area contributed by atoms with Crippen LogP contribution in [0.15, 0.2) is 175 Å². The number of ketones is 13. The fourth-order valence-corrected chi connectivity index (χ4v) is 12.6. The Hall–Kier alpha value is -14.3. The lowest BCUT2D eigenvalue weighted by atomic mass is 10.0. The smallest absolute Gasteiger partial charge is 0.320 e. The van der Waals surface area contributed by atoms with Gasteiger partial charge in [0.15, 0.2) is 17.3 Å². The predicted molar refractivity (Wildman–Crippen MR) is 524 cm³/mol. The Kier molecular flexibility index (Phi) is 61.5. The second kappa shape index (κ2) is 69.5. The number of carboxylic acid groups (broad SMARTS) is 7. The highest BCUT2D eigenvalue weighted by atomic mass is 32.2. The van der Waals surface area contributed by atoms with E-state index in [1.807, 2.05) is 72.8 Å². The van der Waals surface area contributed by atoms with Gasteiger partial charge < -0.3 is 94.9 Å². The van der Waals surface area contributed by atoms with Gasteiger partial charge in [0.1, 0.15) is 125 Å². The zero-order valence-electron chi connectivity index (χ0n) is 80.5. The Labute approximate surface area is 826 Å². The van der Waals surface area contributed by atoms with E-state index in [2.05, 4.69) is 0 Å². The van der Waals surface area contributed by atoms with Crippen LogP contribution in [-0.4, -0.2) is 227 Å². The molecule has 0 spiro atoms. The lowest BCUT2D eigenvalue weighted by Gasteiger charge is -2.08. The van der Waals surface area contributed by atoms with Gasteiger partial charge in [-0.2, -0.15) is 0 Å². The van der Waals surface area contributed by atoms with Crippen molar-refractivity contribution in [2.24, 2.45) is 40.1 Å². The number of carboxylic acids is 7. The van der Waals surface area contributed by atoms with Crippen LogP contribution in [0.4, 0.5) is 0 Å². The fourth-order valence-electron chi connectivity index (χ4n) is 11.9. The molecule has 0 bridgehead atoms. The van der Waals surface area contributed by atoms with Gasteiger partial charge in [-0.25, -0.2) is 0 Å². The summed E-state index contributed by atoms with van der Waals surface area (Å²) < 4.78 is 15.2. The van der Waals surface area contributed by atoms with E-state index in [1.54, 1.807) is 98.8 Å². The number of hydrogen-bond donors (Lipinski definition) is 14. The molecule has 0 aliphatic heterocycles. The first-order valence-corrected chi connectivity index (χ1v) is 45.9. The normalized spacial score (nSPS) is 11.8. The zero-order valence-corrected chi connectivity index (χ0v) is 81.3. The van der Waals surface area contributed by atoms with E-state index in [4.69, 9.17) is 90.1 Å². The highest BCUT2D eigenvalue weighted by Gasteiger charge is 2.22. The Morgan fingerprint density at radius 1 is 0.275 bits per heavy atom. The number of hydrogen-bond acceptors (Lipinski definition) is 32. The number of carbonyl (C=O) groups excluding carboxylic acids is 14. The molecule has 142 heavy (non-hydrogen) atoms. The van der Waals surface area contributed by atoms with Gasteiger partial charge in [-0.05, 0) is 191 Å². The summed E-state index contributed by atoms with van der Waals surface area (Å²) in [7, 11) is 0. The molecule has 7 aromatic rings. The largest absolute Gasteiger partial charge is 0.486 e. The van der Waals surface area contributed by atoms with Gasteiger partial charge in [0, 0.05) is 68.7 Å². The van der Waals surface area contributed by atoms with Crippen molar-refractivity contribution in [3.8, 4) is 11.5 Å². The highest BCUT2D eigenvalue weighted by molar-refractivity contribution is 8.00. The van der Waals surface area contributed by atoms with E-state index >= 15 is 0 Å². The lowest BCUT2D eigenvalue weighted by Crippen LogP contribution is -2.32. The van der Waals surface area contributed by atoms with Crippen LogP contribution in [0, 0.1) is 0 Å². The lowest BCUT2D eigenvalue weighted by molar-refractivity contribution is -0.146. The Bertz CT molecular complexity index is 5120. The van der Waals surface area contributed by atoms with E-state index in [0.29, 0.717) is 74.0 Å². The van der Waals surface area contributed by atoms with Crippen molar-refractivity contribution in [2.45, 2.75) is 237 Å². The molecule has 39 heteroatoms. The summed E-state index contributed by atoms with van der Waals surface area (Å²) in [5.74, 6) is -8.61. The molecule has 0 saturated carbocycles. The van der Waals surface area contributed by atoms with Gasteiger partial charge in [-0.3, -0.25) is 95.9 Å². The third-order valence-corrected chi connectivity index (χ3v) is 21.0. The van der Waals surface area contributed by atoms with Gasteiger partial charge in [-0.1, -0.05) is 140 Å². The topological polar surface area (TPSA) is 710 Å². The summed E-state index contributed by atoms with van der Waals surface area (Å²) in [6.07, 6.45) is 5.68. The van der Waals surface area contributed by atoms with Crippen LogP contribution in [-0.2, 0) is 165 Å². The van der Waals surface area contributed by atoms with Crippen molar-refractivity contribution in [1.29, 1.82) is 0 Å². The molecule has 7 aromatic carbocycles. The molecule has 0 aliphatic carbocycles. The van der Waals surface area contributed by atoms with Crippen molar-refractivity contribution < 1.29 is 151 Å². The molecular formula is C103H129N7O31S. The number of rotatable bonds is 57. The molecule has 0 heterocycles. The molecule has 38 nitrogen and oxygen atoms in total. The first kappa shape index (κ1) is 126. The summed E-state index contributed by atoms with van der Waals surface area (Å²) >= 11 is 1.36. The number of benzene rings is 7. The van der Waals surface area contributed by atoms with Crippen LogP contribution in [0.3, 0.4) is 0 Å². The van der Waals surface area contributed by atoms with Crippen LogP contribution in [0.1, 0.15) is 192 Å². The summed E-state index contributed by atoms with van der Waals surface area (Å²) in [6.45, 7) is 10.3. The molecule has 0 aliphatic rings. The minimum absolute atomic E-state index is 0.00838. The van der Waals surface area contributed by atoms with E-state index in [9.17, 15) is 101 Å². The van der Waals surface area contributed by atoms with Crippen LogP contribution >= 0.6 is 11.8 Å². The van der Waals surface area contributed by atoms with Crippen molar-refractivity contribution in [1.82, 2.24) is 0 Å². The molecule has 7 rings (SSSR count). The Balaban J connectivity index is 0.000000829. The summed E-state index contributed by atoms with van der Waals surface area (Å²) in [4.78, 5) is 232. The molecule has 0 fully saturated rings. The summed E-state index contributed by atoms with van der Waals surface area (Å²) in [5, 5.41) is 61.0. The maximum Gasteiger partial charge on any atom is 0.320 e. The van der Waals surface area contributed by atoms with E-state index in [-0.39, 0.29) is 179 Å². The molecule has 0 amide bonds. The molecule has 0 saturated heterocycles. The maximum atomic E-state index is 11.7. The number of carbonyl (C=O) groups is 21. The molecule has 768 valence electrons. The average Bonchev–Trinajstić information content (AvgIpc) is 0.865. The molecular weight excluding hydrogens is 1860 g/mol. The second-order valence-electron chi connectivity index (χ2n) is 32.8. The zero-order chi connectivity index (χ0) is 107. The molecule has 21 N–H and O–H groups in total. The van der Waals surface area contributed by atoms with Gasteiger partial charge in [0.2, 0.25) is 5.78 Å². The fraction of sp³-hybridized carbons (Fsp3) is 0.388. The van der Waals surface area contributed by atoms with Crippen LogP contribution in [0.5, 0.6) is 11.5 Å². The summed E-state index contributed by atoms with van der Waals surface area (Å²) in [6, 6.07) is 42.3. The van der Waals surface area contributed by atoms with Crippen molar-refractivity contribution in [3.63, 3.8) is 0 Å². The molecule has 7 unspecified atom stereocenters. The van der Waals surface area contributed by atoms with Crippen molar-refractivity contribution in [3.05, 3.63) is 231 Å². The Morgan fingerprint density at radius 2 is 0.528 bits per heavy atom. The number of Topliss-reactive ketones (excluding diaryl/α,β-unsaturated/α-hetero) is 13. The SMILES string of the molecule is CC(=O)C(=O)c1ccc(CC(N)C(=O)O)cc1.CC(=O)CC(=O)CCc1ccc(CC(N)C(=O)O)cc1.CC(=O)CC(=O)COc1ccc(CC(N)C(=O)O)cc1.CC(=O)CC(=O)CSc1ccc(CC(N)C(=O)O)cc1.CC(=O)CCC(=O)COc1ccc(CC(N)C(=O)O)cc1.CCC(=O)CCC(=O)CCc1ccc(CC(N)C(=O)O)cc1.CCOC(=O)CC(=O)CCc1ccc(CC(N)C(=O)O)cc1. The monoisotopic (exact) mass is 1990 g/mol. The quantitative estimate of drug-likeness (QED) is 0.00582. The van der Waals surface area contributed by atoms with Gasteiger partial charge >= 0.3 is 47.8 Å². The number of esters is 1. The molecule has 0 aromatic heterocycles. The van der Waals surface area contributed by atoms with Crippen LogP contribution < -0.4 is 49.6 Å². The van der Waals surface area contributed by atoms with E-state index < -0.39 is 102 Å². The third-order valence-electron chi connectivity index (χ3n) is 19.9. The Morgan fingerprint density at radius 3 is 0.817 bits per heavy atom. The minimum Gasteiger partial charge on any atom is -0.486 e. The van der Waals surface area contributed by atoms with E-state index in [1.165, 1.54) is 58.5 Å². The first-order chi connectivity index (χ1) is 66.8. The first-order valence-electron chi connectivity index (χ1n) is 45.0. The second-order valence-corrected chi connectivity index (χ2v) is 33.9. The number of nitrogens with two attached hydrogens (primary N) is 7. The highest BCUT2D eigenvalue weighted by Crippen LogP contribution is 2.22. The number of ether oxygens (including phenoxy) is 3.